The third-order valence-electron chi connectivity index (χ3n) is 4.26. The summed E-state index contributed by atoms with van der Waals surface area (Å²) in [6.45, 7) is 3.44. The highest BCUT2D eigenvalue weighted by atomic mass is 16.5. The highest BCUT2D eigenvalue weighted by Gasteiger charge is 2.21. The zero-order chi connectivity index (χ0) is 19.1. The summed E-state index contributed by atoms with van der Waals surface area (Å²) in [6, 6.07) is 15.0. The molecule has 1 fully saturated rings. The highest BCUT2D eigenvalue weighted by Crippen LogP contribution is 2.25. The van der Waals surface area contributed by atoms with Crippen LogP contribution in [0.4, 0.5) is 5.69 Å². The molecule has 0 unspecified atom stereocenters. The van der Waals surface area contributed by atoms with Crippen molar-refractivity contribution in [1.29, 1.82) is 0 Å². The molecule has 1 heterocycles. The van der Waals surface area contributed by atoms with Crippen LogP contribution in [0.1, 0.15) is 18.4 Å². The Kier molecular flexibility index (Phi) is 6.30. The van der Waals surface area contributed by atoms with E-state index in [0.29, 0.717) is 25.3 Å². The topological polar surface area (TPSA) is 67.9 Å². The second-order valence-corrected chi connectivity index (χ2v) is 6.45. The minimum Gasteiger partial charge on any atom is -0.492 e. The molecule has 0 radical (unpaired) electrons. The molecule has 2 aromatic carbocycles. The number of hydrogen-bond donors (Lipinski definition) is 1. The maximum Gasteiger partial charge on any atom is 0.258 e. The molecule has 0 atom stereocenters. The summed E-state index contributed by atoms with van der Waals surface area (Å²) in [6.07, 6.45) is 1.45. The average Bonchev–Trinajstić information content (AvgIpc) is 3.10. The smallest absolute Gasteiger partial charge is 0.258 e. The van der Waals surface area contributed by atoms with E-state index in [4.69, 9.17) is 9.47 Å². The Bertz CT molecular complexity index is 806. The number of anilines is 1. The maximum atomic E-state index is 11.9. The van der Waals surface area contributed by atoms with Crippen molar-refractivity contribution in [3.8, 4) is 11.5 Å². The number of nitrogens with one attached hydrogen (secondary N) is 1. The van der Waals surface area contributed by atoms with Gasteiger partial charge in [-0.05, 0) is 43.2 Å². The normalized spacial score (nSPS) is 13.5. The van der Waals surface area contributed by atoms with Crippen molar-refractivity contribution in [3.63, 3.8) is 0 Å². The molecule has 1 N–H and O–H groups in total. The Morgan fingerprint density at radius 1 is 1.11 bits per heavy atom. The summed E-state index contributed by atoms with van der Waals surface area (Å²) < 4.78 is 11.1. The van der Waals surface area contributed by atoms with Crippen molar-refractivity contribution in [2.75, 3.05) is 31.2 Å². The zero-order valence-electron chi connectivity index (χ0n) is 15.4. The van der Waals surface area contributed by atoms with Crippen molar-refractivity contribution >= 4 is 17.5 Å². The first-order valence-corrected chi connectivity index (χ1v) is 9.11. The summed E-state index contributed by atoms with van der Waals surface area (Å²) in [5.74, 6) is 1.26. The number of benzene rings is 2. The van der Waals surface area contributed by atoms with Crippen LogP contribution in [-0.4, -0.2) is 38.1 Å². The molecule has 2 amide bonds. The van der Waals surface area contributed by atoms with Crippen LogP contribution < -0.4 is 19.7 Å². The molecule has 0 saturated carbocycles. The van der Waals surface area contributed by atoms with E-state index in [2.05, 4.69) is 5.32 Å². The van der Waals surface area contributed by atoms with E-state index >= 15 is 0 Å². The Morgan fingerprint density at radius 3 is 2.63 bits per heavy atom. The molecule has 0 aromatic heterocycles. The van der Waals surface area contributed by atoms with Gasteiger partial charge in [0.15, 0.2) is 6.61 Å². The van der Waals surface area contributed by atoms with Crippen LogP contribution >= 0.6 is 0 Å². The molecule has 0 spiro atoms. The molecule has 1 aliphatic rings. The molecule has 6 nitrogen and oxygen atoms in total. The van der Waals surface area contributed by atoms with Crippen molar-refractivity contribution in [1.82, 2.24) is 5.32 Å². The van der Waals surface area contributed by atoms with Gasteiger partial charge >= 0.3 is 0 Å². The van der Waals surface area contributed by atoms with Crippen molar-refractivity contribution in [2.24, 2.45) is 0 Å². The van der Waals surface area contributed by atoms with Crippen molar-refractivity contribution < 1.29 is 19.1 Å². The number of ether oxygens (including phenoxy) is 2. The quantitative estimate of drug-likeness (QED) is 0.728. The molecule has 0 bridgehead atoms. The van der Waals surface area contributed by atoms with Crippen LogP contribution in [0.3, 0.4) is 0 Å². The highest BCUT2D eigenvalue weighted by molar-refractivity contribution is 5.95. The fourth-order valence-electron chi connectivity index (χ4n) is 2.93. The lowest BCUT2D eigenvalue weighted by Gasteiger charge is -2.16. The van der Waals surface area contributed by atoms with Gasteiger partial charge in [0.2, 0.25) is 5.91 Å². The minimum atomic E-state index is -0.217. The van der Waals surface area contributed by atoms with E-state index in [9.17, 15) is 9.59 Å². The van der Waals surface area contributed by atoms with E-state index in [1.807, 2.05) is 43.3 Å². The molecule has 27 heavy (non-hydrogen) atoms. The van der Waals surface area contributed by atoms with Gasteiger partial charge in [-0.1, -0.05) is 18.2 Å². The summed E-state index contributed by atoms with van der Waals surface area (Å²) >= 11 is 0. The number of amides is 2. The lowest BCUT2D eigenvalue weighted by atomic mass is 10.2. The fourth-order valence-corrected chi connectivity index (χ4v) is 2.93. The second kappa shape index (κ2) is 9.07. The van der Waals surface area contributed by atoms with Crippen LogP contribution in [0.2, 0.25) is 0 Å². The molecule has 0 aliphatic carbocycles. The average molecular weight is 368 g/mol. The molecular weight excluding hydrogens is 344 g/mol. The summed E-state index contributed by atoms with van der Waals surface area (Å²) in [5.41, 5.74) is 1.93. The second-order valence-electron chi connectivity index (χ2n) is 6.45. The van der Waals surface area contributed by atoms with E-state index in [-0.39, 0.29) is 18.4 Å². The first-order valence-electron chi connectivity index (χ1n) is 9.11. The van der Waals surface area contributed by atoms with E-state index < -0.39 is 0 Å². The van der Waals surface area contributed by atoms with E-state index in [1.165, 1.54) is 0 Å². The molecule has 6 heteroatoms. The van der Waals surface area contributed by atoms with Gasteiger partial charge in [0.1, 0.15) is 18.1 Å². The lowest BCUT2D eigenvalue weighted by Crippen LogP contribution is -2.32. The standard InChI is InChI=1S/C21H24N2O4/c1-16-5-2-7-18(13-16)26-12-10-22-20(24)15-27-19-8-3-6-17(14-19)23-11-4-9-21(23)25/h2-3,5-8,13-14H,4,9-12,15H2,1H3,(H,22,24). The van der Waals surface area contributed by atoms with Gasteiger partial charge in [-0.3, -0.25) is 9.59 Å². The third kappa shape index (κ3) is 5.48. The zero-order valence-corrected chi connectivity index (χ0v) is 15.4. The Balaban J connectivity index is 1.39. The summed E-state index contributed by atoms with van der Waals surface area (Å²) in [7, 11) is 0. The van der Waals surface area contributed by atoms with Gasteiger partial charge in [-0.15, -0.1) is 0 Å². The number of carbonyl (C=O) groups excluding carboxylic acids is 2. The van der Waals surface area contributed by atoms with E-state index in [0.717, 1.165) is 30.0 Å². The van der Waals surface area contributed by atoms with Gasteiger partial charge in [0, 0.05) is 24.7 Å². The van der Waals surface area contributed by atoms with E-state index in [1.54, 1.807) is 17.0 Å². The Labute approximate surface area is 159 Å². The predicted molar refractivity (Wildman–Crippen MR) is 103 cm³/mol. The Morgan fingerprint density at radius 2 is 1.89 bits per heavy atom. The number of carbonyl (C=O) groups is 2. The fraction of sp³-hybridized carbons (Fsp3) is 0.333. The number of hydrogen-bond acceptors (Lipinski definition) is 4. The lowest BCUT2D eigenvalue weighted by molar-refractivity contribution is -0.123. The first kappa shape index (κ1) is 18.8. The monoisotopic (exact) mass is 368 g/mol. The van der Waals surface area contributed by atoms with Gasteiger partial charge in [0.05, 0.1) is 6.54 Å². The molecule has 1 aliphatic heterocycles. The summed E-state index contributed by atoms with van der Waals surface area (Å²) in [5, 5.41) is 2.76. The van der Waals surface area contributed by atoms with Crippen LogP contribution in [0, 0.1) is 6.92 Å². The Hall–Kier alpha value is -3.02. The molecule has 142 valence electrons. The van der Waals surface area contributed by atoms with Crippen LogP contribution in [0.5, 0.6) is 11.5 Å². The largest absolute Gasteiger partial charge is 0.492 e. The summed E-state index contributed by atoms with van der Waals surface area (Å²) in [4.78, 5) is 25.5. The van der Waals surface area contributed by atoms with Gasteiger partial charge in [0.25, 0.3) is 5.91 Å². The predicted octanol–water partition coefficient (Wildman–Crippen LogP) is 2.70. The third-order valence-corrected chi connectivity index (χ3v) is 4.26. The number of nitrogens with zero attached hydrogens (tertiary/aromatic N) is 1. The molecule has 3 rings (SSSR count). The van der Waals surface area contributed by atoms with Crippen molar-refractivity contribution in [3.05, 3.63) is 54.1 Å². The van der Waals surface area contributed by atoms with Crippen LogP contribution in [0.25, 0.3) is 0 Å². The molecule has 1 saturated heterocycles. The number of rotatable bonds is 8. The SMILES string of the molecule is Cc1cccc(OCCNC(=O)COc2cccc(N3CCCC3=O)c2)c1. The van der Waals surface area contributed by atoms with Gasteiger partial charge in [-0.25, -0.2) is 0 Å². The maximum absolute atomic E-state index is 11.9. The first-order chi connectivity index (χ1) is 13.1. The van der Waals surface area contributed by atoms with Crippen LogP contribution in [0.15, 0.2) is 48.5 Å². The molecule has 2 aromatic rings. The number of aryl methyl sites for hydroxylation is 1. The van der Waals surface area contributed by atoms with Gasteiger partial charge < -0.3 is 19.7 Å². The van der Waals surface area contributed by atoms with Gasteiger partial charge in [-0.2, -0.15) is 0 Å². The van der Waals surface area contributed by atoms with Crippen LogP contribution in [-0.2, 0) is 9.59 Å². The van der Waals surface area contributed by atoms with Crippen molar-refractivity contribution in [2.45, 2.75) is 19.8 Å². The minimum absolute atomic E-state index is 0.0815. The molecular formula is C21H24N2O4.